The third kappa shape index (κ3) is 4.57. The first-order valence-electron chi connectivity index (χ1n) is 7.00. The van der Waals surface area contributed by atoms with E-state index in [0.717, 1.165) is 43.4 Å². The lowest BCUT2D eigenvalue weighted by Crippen LogP contribution is -2.21. The van der Waals surface area contributed by atoms with Gasteiger partial charge in [0.05, 0.1) is 6.54 Å². The Morgan fingerprint density at radius 3 is 2.85 bits per heavy atom. The molecule has 0 amide bonds. The molecule has 7 heteroatoms. The molecule has 0 atom stereocenters. The maximum atomic E-state index is 4.10. The third-order valence-electron chi connectivity index (χ3n) is 2.84. The molecule has 110 valence electrons. The topological polar surface area (TPSA) is 55.6 Å². The van der Waals surface area contributed by atoms with Crippen molar-refractivity contribution < 1.29 is 0 Å². The summed E-state index contributed by atoms with van der Waals surface area (Å²) < 4.78 is 1.88. The van der Waals surface area contributed by atoms with Crippen LogP contribution in [0.15, 0.2) is 17.3 Å². The van der Waals surface area contributed by atoms with Crippen molar-refractivity contribution >= 4 is 23.1 Å². The van der Waals surface area contributed by atoms with Gasteiger partial charge >= 0.3 is 0 Å². The van der Waals surface area contributed by atoms with Crippen molar-refractivity contribution in [2.24, 2.45) is 0 Å². The molecule has 0 aliphatic carbocycles. The largest absolute Gasteiger partial charge is 0.315 e. The molecule has 2 rings (SSSR count). The van der Waals surface area contributed by atoms with Crippen LogP contribution in [0.3, 0.4) is 0 Å². The third-order valence-corrected chi connectivity index (χ3v) is 5.25. The molecule has 0 aromatic carbocycles. The summed E-state index contributed by atoms with van der Waals surface area (Å²) in [5.74, 6) is 0.938. The van der Waals surface area contributed by atoms with Crippen LogP contribution in [0.1, 0.15) is 30.0 Å². The molecule has 0 aliphatic heterocycles. The zero-order valence-corrected chi connectivity index (χ0v) is 13.6. The minimum absolute atomic E-state index is 0.819. The Morgan fingerprint density at radius 1 is 1.25 bits per heavy atom. The quantitative estimate of drug-likeness (QED) is 0.570. The van der Waals surface area contributed by atoms with E-state index in [2.05, 4.69) is 46.8 Å². The van der Waals surface area contributed by atoms with E-state index < -0.39 is 0 Å². The molecule has 0 aliphatic rings. The van der Waals surface area contributed by atoms with Crippen LogP contribution >= 0.6 is 23.1 Å². The van der Waals surface area contributed by atoms with E-state index in [-0.39, 0.29) is 0 Å². The van der Waals surface area contributed by atoms with E-state index in [9.17, 15) is 0 Å². The number of thiophene rings is 1. The van der Waals surface area contributed by atoms with Crippen LogP contribution in [0.4, 0.5) is 0 Å². The highest BCUT2D eigenvalue weighted by molar-refractivity contribution is 7.98. The highest BCUT2D eigenvalue weighted by Gasteiger charge is 2.07. The summed E-state index contributed by atoms with van der Waals surface area (Å²) in [6.07, 6.45) is 2.26. The van der Waals surface area contributed by atoms with Gasteiger partial charge in [-0.1, -0.05) is 25.6 Å². The predicted octanol–water partition coefficient (Wildman–Crippen LogP) is 2.59. The maximum Gasteiger partial charge on any atom is 0.209 e. The molecule has 0 radical (unpaired) electrons. The van der Waals surface area contributed by atoms with Gasteiger partial charge in [-0.2, -0.15) is 0 Å². The maximum absolute atomic E-state index is 4.10. The lowest BCUT2D eigenvalue weighted by Gasteiger charge is -2.04. The van der Waals surface area contributed by atoms with E-state index >= 15 is 0 Å². The highest BCUT2D eigenvalue weighted by atomic mass is 32.2. The van der Waals surface area contributed by atoms with Crippen molar-refractivity contribution in [3.63, 3.8) is 0 Å². The normalized spacial score (nSPS) is 11.1. The van der Waals surface area contributed by atoms with Crippen LogP contribution in [-0.4, -0.2) is 33.3 Å². The number of nitrogens with one attached hydrogen (secondary N) is 1. The zero-order chi connectivity index (χ0) is 14.2. The van der Waals surface area contributed by atoms with Crippen LogP contribution in [-0.2, 0) is 18.7 Å². The number of thioether (sulfide) groups is 1. The number of aromatic nitrogens is 4. The molecular formula is C13H21N5S2. The van der Waals surface area contributed by atoms with E-state index in [1.165, 1.54) is 9.75 Å². The Hall–Kier alpha value is -0.920. The first kappa shape index (κ1) is 15.5. The van der Waals surface area contributed by atoms with Gasteiger partial charge in [0.2, 0.25) is 5.16 Å². The average Bonchev–Trinajstić information content (AvgIpc) is 3.10. The molecule has 0 saturated carbocycles. The van der Waals surface area contributed by atoms with Crippen molar-refractivity contribution in [1.82, 2.24) is 25.5 Å². The molecule has 5 nitrogen and oxygen atoms in total. The summed E-state index contributed by atoms with van der Waals surface area (Å²) in [5, 5.41) is 16.2. The molecule has 2 aromatic rings. The molecular weight excluding hydrogens is 290 g/mol. The van der Waals surface area contributed by atoms with Gasteiger partial charge in [0.25, 0.3) is 0 Å². The SMILES string of the molecule is CCCNCCn1nnnc1SCc1ccc(CC)s1. The van der Waals surface area contributed by atoms with Crippen molar-refractivity contribution in [2.45, 2.75) is 44.1 Å². The van der Waals surface area contributed by atoms with Crippen molar-refractivity contribution in [3.05, 3.63) is 21.9 Å². The molecule has 0 unspecified atom stereocenters. The van der Waals surface area contributed by atoms with Crippen LogP contribution in [0.2, 0.25) is 0 Å². The molecule has 20 heavy (non-hydrogen) atoms. The number of hydrogen-bond donors (Lipinski definition) is 1. The molecule has 0 saturated heterocycles. The van der Waals surface area contributed by atoms with Gasteiger partial charge in [0.15, 0.2) is 0 Å². The number of rotatable bonds is 9. The lowest BCUT2D eigenvalue weighted by atomic mass is 10.4. The van der Waals surface area contributed by atoms with Crippen molar-refractivity contribution in [2.75, 3.05) is 13.1 Å². The fraction of sp³-hybridized carbons (Fsp3) is 0.615. The Balaban J connectivity index is 1.82. The minimum Gasteiger partial charge on any atom is -0.315 e. The van der Waals surface area contributed by atoms with Crippen LogP contribution < -0.4 is 5.32 Å². The summed E-state index contributed by atoms with van der Waals surface area (Å²) in [7, 11) is 0. The van der Waals surface area contributed by atoms with Crippen LogP contribution in [0, 0.1) is 0 Å². The van der Waals surface area contributed by atoms with Gasteiger partial charge in [-0.15, -0.1) is 16.4 Å². The Bertz CT molecular complexity index is 508. The van der Waals surface area contributed by atoms with Gasteiger partial charge in [-0.25, -0.2) is 4.68 Å². The van der Waals surface area contributed by atoms with Gasteiger partial charge in [-0.3, -0.25) is 0 Å². The molecule has 0 fully saturated rings. The first-order chi connectivity index (χ1) is 9.83. The minimum atomic E-state index is 0.819. The Labute approximate surface area is 128 Å². The molecule has 1 N–H and O–H groups in total. The monoisotopic (exact) mass is 311 g/mol. The standard InChI is InChI=1S/C13H21N5S2/c1-3-7-14-8-9-18-13(15-16-17-18)19-10-12-6-5-11(4-2)20-12/h5-6,14H,3-4,7-10H2,1-2H3. The molecule has 2 heterocycles. The van der Waals surface area contributed by atoms with Crippen molar-refractivity contribution in [3.8, 4) is 0 Å². The van der Waals surface area contributed by atoms with E-state index in [0.29, 0.717) is 0 Å². The van der Waals surface area contributed by atoms with Gasteiger partial charge in [0, 0.05) is 22.1 Å². The second-order valence-corrected chi connectivity index (χ2v) is 6.64. The first-order valence-corrected chi connectivity index (χ1v) is 8.81. The van der Waals surface area contributed by atoms with Gasteiger partial charge in [-0.05, 0) is 41.9 Å². The fourth-order valence-electron chi connectivity index (χ4n) is 1.75. The van der Waals surface area contributed by atoms with Gasteiger partial charge in [0.1, 0.15) is 0 Å². The number of aryl methyl sites for hydroxylation is 1. The Morgan fingerprint density at radius 2 is 2.10 bits per heavy atom. The second kappa shape index (κ2) is 8.39. The Kier molecular flexibility index (Phi) is 6.49. The number of nitrogens with zero attached hydrogens (tertiary/aromatic N) is 4. The van der Waals surface area contributed by atoms with E-state index in [1.807, 2.05) is 16.0 Å². The molecule has 0 bridgehead atoms. The summed E-state index contributed by atoms with van der Waals surface area (Å²) in [5.41, 5.74) is 0. The van der Waals surface area contributed by atoms with Crippen molar-refractivity contribution in [1.29, 1.82) is 0 Å². The average molecular weight is 311 g/mol. The summed E-state index contributed by atoms with van der Waals surface area (Å²) in [6, 6.07) is 4.41. The number of hydrogen-bond acceptors (Lipinski definition) is 6. The predicted molar refractivity (Wildman–Crippen MR) is 84.2 cm³/mol. The smallest absolute Gasteiger partial charge is 0.209 e. The fourth-order valence-corrected chi connectivity index (χ4v) is 3.66. The van der Waals surface area contributed by atoms with Crippen LogP contribution in [0.25, 0.3) is 0 Å². The summed E-state index contributed by atoms with van der Waals surface area (Å²) in [4.78, 5) is 2.81. The number of tetrazole rings is 1. The summed E-state index contributed by atoms with van der Waals surface area (Å²) in [6.45, 7) is 7.12. The second-order valence-electron chi connectivity index (χ2n) is 4.44. The zero-order valence-electron chi connectivity index (χ0n) is 12.0. The summed E-state index contributed by atoms with van der Waals surface area (Å²) >= 11 is 3.58. The molecule has 0 spiro atoms. The van der Waals surface area contributed by atoms with E-state index in [4.69, 9.17) is 0 Å². The van der Waals surface area contributed by atoms with Crippen LogP contribution in [0.5, 0.6) is 0 Å². The lowest BCUT2D eigenvalue weighted by molar-refractivity contribution is 0.510. The van der Waals surface area contributed by atoms with Gasteiger partial charge < -0.3 is 5.32 Å². The van der Waals surface area contributed by atoms with E-state index in [1.54, 1.807) is 11.8 Å². The molecule has 2 aromatic heterocycles. The highest BCUT2D eigenvalue weighted by Crippen LogP contribution is 2.25.